The SMILES string of the molecule is NCCCc1ncc(Br)s1. The fourth-order valence-electron chi connectivity index (χ4n) is 0.657. The standard InChI is InChI=1S/C6H9BrN2S/c7-5-4-9-6(10-5)2-1-3-8/h4H,1-3,8H2. The fraction of sp³-hybridized carbons (Fsp3) is 0.500. The number of hydrogen-bond acceptors (Lipinski definition) is 3. The number of thiazole rings is 1. The summed E-state index contributed by atoms with van der Waals surface area (Å²) in [5, 5.41) is 1.16. The Bertz CT molecular complexity index is 199. The second kappa shape index (κ2) is 4.05. The molecule has 56 valence electrons. The lowest BCUT2D eigenvalue weighted by Crippen LogP contribution is -1.99. The molecular formula is C6H9BrN2S. The Morgan fingerprint density at radius 3 is 3.00 bits per heavy atom. The van der Waals surface area contributed by atoms with Gasteiger partial charge in [-0.15, -0.1) is 11.3 Å². The van der Waals surface area contributed by atoms with Crippen molar-refractivity contribution < 1.29 is 0 Å². The molecular weight excluding hydrogens is 212 g/mol. The van der Waals surface area contributed by atoms with Gasteiger partial charge in [-0.2, -0.15) is 0 Å². The molecule has 2 N–H and O–H groups in total. The molecule has 0 unspecified atom stereocenters. The Morgan fingerprint density at radius 2 is 2.50 bits per heavy atom. The van der Waals surface area contributed by atoms with Crippen molar-refractivity contribution in [3.8, 4) is 0 Å². The Hall–Kier alpha value is 0.0700. The number of aryl methyl sites for hydroxylation is 1. The maximum absolute atomic E-state index is 5.35. The Kier molecular flexibility index (Phi) is 3.31. The third-order valence-electron chi connectivity index (χ3n) is 1.12. The maximum atomic E-state index is 5.35. The number of aromatic nitrogens is 1. The third-order valence-corrected chi connectivity index (χ3v) is 2.66. The topological polar surface area (TPSA) is 38.9 Å². The summed E-state index contributed by atoms with van der Waals surface area (Å²) in [6.07, 6.45) is 3.86. The predicted molar refractivity (Wildman–Crippen MR) is 47.2 cm³/mol. The van der Waals surface area contributed by atoms with Crippen LogP contribution in [0.1, 0.15) is 11.4 Å². The molecule has 0 radical (unpaired) electrons. The number of rotatable bonds is 3. The van der Waals surface area contributed by atoms with Gasteiger partial charge in [-0.25, -0.2) is 4.98 Å². The van der Waals surface area contributed by atoms with Gasteiger partial charge in [0.2, 0.25) is 0 Å². The van der Waals surface area contributed by atoms with Gasteiger partial charge in [-0.3, -0.25) is 0 Å². The zero-order valence-corrected chi connectivity index (χ0v) is 7.91. The second-order valence-electron chi connectivity index (χ2n) is 1.95. The molecule has 0 atom stereocenters. The van der Waals surface area contributed by atoms with Crippen LogP contribution in [-0.4, -0.2) is 11.5 Å². The zero-order chi connectivity index (χ0) is 7.40. The third kappa shape index (κ3) is 2.36. The van der Waals surface area contributed by atoms with Crippen LogP contribution in [-0.2, 0) is 6.42 Å². The van der Waals surface area contributed by atoms with Crippen LogP contribution in [0.4, 0.5) is 0 Å². The summed E-state index contributed by atoms with van der Waals surface area (Å²) in [6, 6.07) is 0. The molecule has 0 amide bonds. The first kappa shape index (κ1) is 8.17. The van der Waals surface area contributed by atoms with E-state index in [0.717, 1.165) is 28.2 Å². The molecule has 0 aliphatic carbocycles. The van der Waals surface area contributed by atoms with Gasteiger partial charge in [0.15, 0.2) is 0 Å². The van der Waals surface area contributed by atoms with Gasteiger partial charge in [0.25, 0.3) is 0 Å². The van der Waals surface area contributed by atoms with Crippen LogP contribution in [0.2, 0.25) is 0 Å². The molecule has 0 saturated heterocycles. The molecule has 1 heterocycles. The van der Waals surface area contributed by atoms with Crippen LogP contribution < -0.4 is 5.73 Å². The first-order valence-electron chi connectivity index (χ1n) is 3.13. The molecule has 1 rings (SSSR count). The van der Waals surface area contributed by atoms with E-state index in [0.29, 0.717) is 0 Å². The molecule has 10 heavy (non-hydrogen) atoms. The number of halogens is 1. The highest BCUT2D eigenvalue weighted by molar-refractivity contribution is 9.11. The molecule has 0 aliphatic heterocycles. The van der Waals surface area contributed by atoms with Gasteiger partial charge in [0.05, 0.1) is 15.0 Å². The Labute approximate surface area is 72.6 Å². The van der Waals surface area contributed by atoms with Crippen LogP contribution in [0.3, 0.4) is 0 Å². The molecule has 2 nitrogen and oxygen atoms in total. The van der Waals surface area contributed by atoms with E-state index in [1.54, 1.807) is 11.3 Å². The highest BCUT2D eigenvalue weighted by Gasteiger charge is 1.96. The van der Waals surface area contributed by atoms with Gasteiger partial charge in [-0.1, -0.05) is 0 Å². The highest BCUT2D eigenvalue weighted by Crippen LogP contribution is 2.19. The second-order valence-corrected chi connectivity index (χ2v) is 4.44. The van der Waals surface area contributed by atoms with E-state index in [4.69, 9.17) is 5.73 Å². The summed E-state index contributed by atoms with van der Waals surface area (Å²) in [4.78, 5) is 4.17. The van der Waals surface area contributed by atoms with Gasteiger partial charge in [0, 0.05) is 6.42 Å². The highest BCUT2D eigenvalue weighted by atomic mass is 79.9. The van der Waals surface area contributed by atoms with E-state index < -0.39 is 0 Å². The van der Waals surface area contributed by atoms with Crippen molar-refractivity contribution in [3.05, 3.63) is 15.0 Å². The van der Waals surface area contributed by atoms with E-state index in [1.165, 1.54) is 0 Å². The van der Waals surface area contributed by atoms with E-state index >= 15 is 0 Å². The van der Waals surface area contributed by atoms with E-state index in [2.05, 4.69) is 20.9 Å². The Balaban J connectivity index is 2.42. The lowest BCUT2D eigenvalue weighted by molar-refractivity contribution is 0.826. The van der Waals surface area contributed by atoms with Crippen molar-refractivity contribution >= 4 is 27.3 Å². The molecule has 0 fully saturated rings. The molecule has 0 spiro atoms. The first-order chi connectivity index (χ1) is 4.83. The molecule has 0 aliphatic rings. The van der Waals surface area contributed by atoms with Crippen LogP contribution in [0, 0.1) is 0 Å². The average molecular weight is 221 g/mol. The lowest BCUT2D eigenvalue weighted by Gasteiger charge is -1.89. The first-order valence-corrected chi connectivity index (χ1v) is 4.74. The largest absolute Gasteiger partial charge is 0.330 e. The van der Waals surface area contributed by atoms with Gasteiger partial charge < -0.3 is 5.73 Å². The smallest absolute Gasteiger partial charge is 0.0937 e. The molecule has 4 heteroatoms. The van der Waals surface area contributed by atoms with Crippen LogP contribution in [0.15, 0.2) is 9.98 Å². The minimum Gasteiger partial charge on any atom is -0.330 e. The zero-order valence-electron chi connectivity index (χ0n) is 5.51. The van der Waals surface area contributed by atoms with E-state index in [-0.39, 0.29) is 0 Å². The summed E-state index contributed by atoms with van der Waals surface area (Å²) < 4.78 is 1.10. The molecule has 0 bridgehead atoms. The van der Waals surface area contributed by atoms with Crippen LogP contribution >= 0.6 is 27.3 Å². The minimum absolute atomic E-state index is 0.747. The van der Waals surface area contributed by atoms with Gasteiger partial charge in [0.1, 0.15) is 0 Å². The number of nitrogens with two attached hydrogens (primary N) is 1. The molecule has 1 aromatic heterocycles. The fourth-order valence-corrected chi connectivity index (χ4v) is 2.00. The van der Waals surface area contributed by atoms with Gasteiger partial charge in [-0.05, 0) is 28.9 Å². The lowest BCUT2D eigenvalue weighted by atomic mass is 10.3. The van der Waals surface area contributed by atoms with Crippen molar-refractivity contribution in [2.24, 2.45) is 5.73 Å². The van der Waals surface area contributed by atoms with Crippen molar-refractivity contribution in [3.63, 3.8) is 0 Å². The Morgan fingerprint density at radius 1 is 1.70 bits per heavy atom. The van der Waals surface area contributed by atoms with Crippen molar-refractivity contribution in [2.75, 3.05) is 6.54 Å². The van der Waals surface area contributed by atoms with Crippen molar-refractivity contribution in [1.29, 1.82) is 0 Å². The van der Waals surface area contributed by atoms with Crippen LogP contribution in [0.5, 0.6) is 0 Å². The van der Waals surface area contributed by atoms with Crippen molar-refractivity contribution in [2.45, 2.75) is 12.8 Å². The summed E-state index contributed by atoms with van der Waals surface area (Å²) in [5.41, 5.74) is 5.35. The number of hydrogen-bond donors (Lipinski definition) is 1. The maximum Gasteiger partial charge on any atom is 0.0937 e. The summed E-state index contributed by atoms with van der Waals surface area (Å²) >= 11 is 5.03. The van der Waals surface area contributed by atoms with Crippen molar-refractivity contribution in [1.82, 2.24) is 4.98 Å². The van der Waals surface area contributed by atoms with Gasteiger partial charge >= 0.3 is 0 Å². The average Bonchev–Trinajstić information content (AvgIpc) is 2.31. The molecule has 0 saturated carbocycles. The molecule has 1 aromatic rings. The number of nitrogens with zero attached hydrogens (tertiary/aromatic N) is 1. The van der Waals surface area contributed by atoms with E-state index in [9.17, 15) is 0 Å². The quantitative estimate of drug-likeness (QED) is 0.845. The van der Waals surface area contributed by atoms with E-state index in [1.807, 2.05) is 6.20 Å². The summed E-state index contributed by atoms with van der Waals surface area (Å²) in [7, 11) is 0. The summed E-state index contributed by atoms with van der Waals surface area (Å²) in [6.45, 7) is 0.747. The minimum atomic E-state index is 0.747. The predicted octanol–water partition coefficient (Wildman–Crippen LogP) is 1.80. The molecule has 0 aromatic carbocycles. The normalized spacial score (nSPS) is 10.2. The summed E-state index contributed by atoms with van der Waals surface area (Å²) in [5.74, 6) is 0. The monoisotopic (exact) mass is 220 g/mol. The van der Waals surface area contributed by atoms with Crippen LogP contribution in [0.25, 0.3) is 0 Å².